The quantitative estimate of drug-likeness (QED) is 0.0607. The Labute approximate surface area is 340 Å². The van der Waals surface area contributed by atoms with E-state index in [9.17, 15) is 0 Å². The van der Waals surface area contributed by atoms with E-state index < -0.39 is 0 Å². The minimum atomic E-state index is -0.0722. The standard InChI is InChI=1S/C42H80N14/c1-13-17-21-43-33-47-34(44-22-18-14-2)50-37(49-33)55(31-27-39(5,6)53-40(7,8)28-31)25-26-56(32-29-41(9,10)54-42(11,12)30-32)38-51-35(45-23-19-15-3)48-36(52-38)46-24-20-16-4/h31-32,53-54H,13-30H2,1-12H3,(H2,43,44,47,49,50)(H2,45,46,48,51,52). The second-order valence-corrected chi connectivity index (χ2v) is 19.0. The molecule has 2 aromatic rings. The Morgan fingerprint density at radius 3 is 0.929 bits per heavy atom. The van der Waals surface area contributed by atoms with E-state index in [4.69, 9.17) is 29.9 Å². The highest BCUT2D eigenvalue weighted by Gasteiger charge is 2.43. The monoisotopic (exact) mass is 781 g/mol. The molecule has 0 unspecified atom stereocenters. The zero-order valence-electron chi connectivity index (χ0n) is 37.5. The highest BCUT2D eigenvalue weighted by atomic mass is 15.4. The number of unbranched alkanes of at least 4 members (excludes halogenated alkanes) is 4. The van der Waals surface area contributed by atoms with Crippen LogP contribution in [0.2, 0.25) is 0 Å². The van der Waals surface area contributed by atoms with Gasteiger partial charge in [0, 0.05) is 73.5 Å². The average Bonchev–Trinajstić information content (AvgIpc) is 3.08. The van der Waals surface area contributed by atoms with Crippen molar-refractivity contribution in [1.29, 1.82) is 0 Å². The second kappa shape index (κ2) is 20.4. The van der Waals surface area contributed by atoms with Crippen molar-refractivity contribution in [3.8, 4) is 0 Å². The summed E-state index contributed by atoms with van der Waals surface area (Å²) >= 11 is 0. The van der Waals surface area contributed by atoms with Gasteiger partial charge < -0.3 is 41.7 Å². The van der Waals surface area contributed by atoms with E-state index in [1.165, 1.54) is 0 Å². The van der Waals surface area contributed by atoms with Gasteiger partial charge in [0.1, 0.15) is 0 Å². The van der Waals surface area contributed by atoms with Gasteiger partial charge in [-0.1, -0.05) is 53.4 Å². The van der Waals surface area contributed by atoms with Gasteiger partial charge in [0.2, 0.25) is 35.7 Å². The van der Waals surface area contributed by atoms with Crippen molar-refractivity contribution in [2.75, 3.05) is 70.3 Å². The third-order valence-electron chi connectivity index (χ3n) is 10.8. The van der Waals surface area contributed by atoms with Gasteiger partial charge in [-0.25, -0.2) is 0 Å². The number of hydrogen-bond donors (Lipinski definition) is 6. The first-order chi connectivity index (χ1) is 26.5. The van der Waals surface area contributed by atoms with Gasteiger partial charge in [-0.2, -0.15) is 29.9 Å². The fraction of sp³-hybridized carbons (Fsp3) is 0.857. The molecule has 2 aromatic heterocycles. The van der Waals surface area contributed by atoms with Crippen molar-refractivity contribution in [2.24, 2.45) is 0 Å². The number of anilines is 6. The molecule has 0 saturated carbocycles. The van der Waals surface area contributed by atoms with E-state index in [1.54, 1.807) is 0 Å². The fourth-order valence-corrected chi connectivity index (χ4v) is 8.90. The molecule has 2 aliphatic heterocycles. The number of hydrogen-bond acceptors (Lipinski definition) is 14. The van der Waals surface area contributed by atoms with Gasteiger partial charge in [-0.15, -0.1) is 0 Å². The van der Waals surface area contributed by atoms with E-state index in [1.807, 2.05) is 0 Å². The molecular weight excluding hydrogens is 701 g/mol. The molecule has 14 nitrogen and oxygen atoms in total. The first-order valence-corrected chi connectivity index (χ1v) is 22.1. The zero-order valence-corrected chi connectivity index (χ0v) is 37.5. The minimum absolute atomic E-state index is 0.0722. The van der Waals surface area contributed by atoms with Gasteiger partial charge >= 0.3 is 0 Å². The lowest BCUT2D eigenvalue weighted by molar-refractivity contribution is 0.153. The Hall–Kier alpha value is -3.26. The molecule has 0 bridgehead atoms. The predicted octanol–water partition coefficient (Wildman–Crippen LogP) is 7.84. The lowest BCUT2D eigenvalue weighted by Gasteiger charge is -2.51. The van der Waals surface area contributed by atoms with Crippen LogP contribution in [0.15, 0.2) is 0 Å². The Morgan fingerprint density at radius 1 is 0.446 bits per heavy atom. The molecule has 4 rings (SSSR count). The van der Waals surface area contributed by atoms with Crippen molar-refractivity contribution in [3.05, 3.63) is 0 Å². The van der Waals surface area contributed by atoms with Crippen LogP contribution in [0, 0.1) is 0 Å². The molecular formula is C42H80N14. The van der Waals surface area contributed by atoms with E-state index >= 15 is 0 Å². The molecule has 0 atom stereocenters. The molecule has 56 heavy (non-hydrogen) atoms. The maximum absolute atomic E-state index is 5.17. The zero-order chi connectivity index (χ0) is 41.0. The number of piperidine rings is 2. The highest BCUT2D eigenvalue weighted by molar-refractivity contribution is 5.48. The number of nitrogens with zero attached hydrogens (tertiary/aromatic N) is 8. The molecule has 318 valence electrons. The Balaban J connectivity index is 1.83. The molecule has 0 aliphatic carbocycles. The summed E-state index contributed by atoms with van der Waals surface area (Å²) in [5.74, 6) is 3.93. The van der Waals surface area contributed by atoms with Crippen LogP contribution in [0.1, 0.15) is 160 Å². The van der Waals surface area contributed by atoms with E-state index in [-0.39, 0.29) is 34.2 Å². The van der Waals surface area contributed by atoms with Crippen molar-refractivity contribution in [3.63, 3.8) is 0 Å². The van der Waals surface area contributed by atoms with Crippen LogP contribution in [0.5, 0.6) is 0 Å². The van der Waals surface area contributed by atoms with Crippen molar-refractivity contribution < 1.29 is 0 Å². The largest absolute Gasteiger partial charge is 0.354 e. The summed E-state index contributed by atoms with van der Waals surface area (Å²) in [6, 6.07) is 0.378. The number of rotatable bonds is 23. The molecule has 0 amide bonds. The van der Waals surface area contributed by atoms with Crippen molar-refractivity contribution in [1.82, 2.24) is 40.5 Å². The van der Waals surface area contributed by atoms with Crippen molar-refractivity contribution in [2.45, 2.75) is 194 Å². The lowest BCUT2D eigenvalue weighted by atomic mass is 9.78. The summed E-state index contributed by atoms with van der Waals surface area (Å²) in [6.45, 7) is 32.0. The summed E-state index contributed by atoms with van der Waals surface area (Å²) in [6.07, 6.45) is 12.4. The van der Waals surface area contributed by atoms with Gasteiger partial charge in [0.25, 0.3) is 0 Å². The maximum Gasteiger partial charge on any atom is 0.232 e. The minimum Gasteiger partial charge on any atom is -0.354 e. The molecule has 2 fully saturated rings. The summed E-state index contributed by atoms with van der Waals surface area (Å²) in [4.78, 5) is 35.3. The molecule has 2 saturated heterocycles. The number of aromatic nitrogens is 6. The average molecular weight is 781 g/mol. The third kappa shape index (κ3) is 14.3. The second-order valence-electron chi connectivity index (χ2n) is 19.0. The van der Waals surface area contributed by atoms with Crippen LogP contribution in [-0.2, 0) is 0 Å². The number of nitrogens with one attached hydrogen (secondary N) is 6. The Morgan fingerprint density at radius 2 is 0.696 bits per heavy atom. The topological polar surface area (TPSA) is 156 Å². The van der Waals surface area contributed by atoms with Crippen LogP contribution in [0.3, 0.4) is 0 Å². The maximum atomic E-state index is 5.17. The van der Waals surface area contributed by atoms with Crippen LogP contribution in [0.4, 0.5) is 35.7 Å². The van der Waals surface area contributed by atoms with Crippen LogP contribution >= 0.6 is 0 Å². The predicted molar refractivity (Wildman–Crippen MR) is 237 cm³/mol. The smallest absolute Gasteiger partial charge is 0.232 e. The van der Waals surface area contributed by atoms with E-state index in [0.29, 0.717) is 48.8 Å². The molecule has 0 aromatic carbocycles. The van der Waals surface area contributed by atoms with Crippen LogP contribution < -0.4 is 41.7 Å². The Kier molecular flexibility index (Phi) is 16.6. The lowest BCUT2D eigenvalue weighted by Crippen LogP contribution is -2.64. The van der Waals surface area contributed by atoms with Crippen LogP contribution in [0.25, 0.3) is 0 Å². The van der Waals surface area contributed by atoms with Gasteiger partial charge in [-0.05, 0) is 107 Å². The van der Waals surface area contributed by atoms with E-state index in [2.05, 4.69) is 125 Å². The molecule has 4 heterocycles. The summed E-state index contributed by atoms with van der Waals surface area (Å²) in [5, 5.41) is 21.9. The summed E-state index contributed by atoms with van der Waals surface area (Å²) < 4.78 is 0. The molecule has 14 heteroatoms. The first kappa shape index (κ1) is 45.4. The molecule has 6 N–H and O–H groups in total. The highest BCUT2D eigenvalue weighted by Crippen LogP contribution is 2.36. The van der Waals surface area contributed by atoms with Gasteiger partial charge in [-0.3, -0.25) is 0 Å². The molecule has 0 radical (unpaired) electrons. The third-order valence-corrected chi connectivity index (χ3v) is 10.8. The summed E-state index contributed by atoms with van der Waals surface area (Å²) in [5.41, 5.74) is -0.289. The van der Waals surface area contributed by atoms with E-state index in [0.717, 1.165) is 103 Å². The SMILES string of the molecule is CCCCNc1nc(NCCCC)nc(N(CCN(c2nc(NCCCC)nc(NCCCC)n2)C2CC(C)(C)NC(C)(C)C2)C2CC(C)(C)NC(C)(C)C2)n1. The first-order valence-electron chi connectivity index (χ1n) is 22.1. The van der Waals surface area contributed by atoms with Crippen molar-refractivity contribution >= 4 is 35.7 Å². The van der Waals surface area contributed by atoms with Gasteiger partial charge in [0.05, 0.1) is 0 Å². The fourth-order valence-electron chi connectivity index (χ4n) is 8.90. The van der Waals surface area contributed by atoms with Crippen LogP contribution in [-0.4, -0.2) is 103 Å². The normalized spacial score (nSPS) is 19.0. The molecule has 2 aliphatic rings. The summed E-state index contributed by atoms with van der Waals surface area (Å²) in [7, 11) is 0. The molecule has 0 spiro atoms. The van der Waals surface area contributed by atoms with Gasteiger partial charge in [0.15, 0.2) is 0 Å². The Bertz CT molecular complexity index is 1280.